The number of anilines is 1. The summed E-state index contributed by atoms with van der Waals surface area (Å²) in [5.74, 6) is -0.917. The van der Waals surface area contributed by atoms with E-state index in [0.29, 0.717) is 17.9 Å². The smallest absolute Gasteiger partial charge is 0.313 e. The Hall–Kier alpha value is -2.09. The Morgan fingerprint density at radius 3 is 2.38 bits per heavy atom. The van der Waals surface area contributed by atoms with Crippen LogP contribution in [0.25, 0.3) is 0 Å². The number of benzene rings is 1. The van der Waals surface area contributed by atoms with Gasteiger partial charge in [-0.05, 0) is 44.5 Å². The molecule has 0 bridgehead atoms. The van der Waals surface area contributed by atoms with E-state index in [9.17, 15) is 18.0 Å². The highest BCUT2D eigenvalue weighted by atomic mass is 32.2. The average molecular weight is 354 g/mol. The van der Waals surface area contributed by atoms with Crippen molar-refractivity contribution in [3.05, 3.63) is 24.3 Å². The Morgan fingerprint density at radius 2 is 1.88 bits per heavy atom. The maximum atomic E-state index is 12.2. The van der Waals surface area contributed by atoms with Gasteiger partial charge in [0.25, 0.3) is 0 Å². The molecular weight excluding hydrogens is 332 g/mol. The van der Waals surface area contributed by atoms with Crippen molar-refractivity contribution in [3.8, 4) is 5.75 Å². The molecule has 1 aromatic rings. The molecule has 0 saturated carbocycles. The van der Waals surface area contributed by atoms with Gasteiger partial charge in [-0.15, -0.1) is 0 Å². The SMILES string of the molecule is CC(C)Oc1ccc(NC(=O)C(=O)N(C)C2CCS(=O)(=O)C2)cc1. The fraction of sp³-hybridized carbons (Fsp3) is 0.500. The lowest BCUT2D eigenvalue weighted by Crippen LogP contribution is -2.43. The average Bonchev–Trinajstić information content (AvgIpc) is 2.87. The van der Waals surface area contributed by atoms with Crippen LogP contribution in [0, 0.1) is 0 Å². The van der Waals surface area contributed by atoms with Crippen molar-refractivity contribution in [2.45, 2.75) is 32.4 Å². The Balaban J connectivity index is 1.95. The second-order valence-corrected chi connectivity index (χ2v) is 8.35. The highest BCUT2D eigenvalue weighted by Gasteiger charge is 2.34. The molecule has 1 aliphatic heterocycles. The number of hydrogen-bond donors (Lipinski definition) is 1. The Morgan fingerprint density at radius 1 is 1.25 bits per heavy atom. The summed E-state index contributed by atoms with van der Waals surface area (Å²) in [5, 5.41) is 2.51. The van der Waals surface area contributed by atoms with Gasteiger partial charge in [-0.3, -0.25) is 9.59 Å². The van der Waals surface area contributed by atoms with Crippen LogP contribution < -0.4 is 10.1 Å². The van der Waals surface area contributed by atoms with E-state index in [1.54, 1.807) is 24.3 Å². The van der Waals surface area contributed by atoms with E-state index in [1.807, 2.05) is 13.8 Å². The number of ether oxygens (including phenoxy) is 1. The van der Waals surface area contributed by atoms with E-state index >= 15 is 0 Å². The van der Waals surface area contributed by atoms with E-state index < -0.39 is 27.7 Å². The van der Waals surface area contributed by atoms with Crippen molar-refractivity contribution in [1.82, 2.24) is 4.90 Å². The summed E-state index contributed by atoms with van der Waals surface area (Å²) in [7, 11) is -1.66. The van der Waals surface area contributed by atoms with Crippen molar-refractivity contribution >= 4 is 27.3 Å². The third kappa shape index (κ3) is 4.70. The van der Waals surface area contributed by atoms with Crippen LogP contribution in [-0.4, -0.2) is 55.8 Å². The van der Waals surface area contributed by atoms with E-state index in [4.69, 9.17) is 4.74 Å². The number of carbonyl (C=O) groups is 2. The molecule has 1 aromatic carbocycles. The second-order valence-electron chi connectivity index (χ2n) is 6.12. The first-order valence-electron chi connectivity index (χ1n) is 7.73. The normalized spacial score (nSPS) is 19.1. The Kier molecular flexibility index (Phi) is 5.48. The molecule has 2 amide bonds. The van der Waals surface area contributed by atoms with E-state index in [-0.39, 0.29) is 17.6 Å². The van der Waals surface area contributed by atoms with Gasteiger partial charge in [0.05, 0.1) is 17.6 Å². The number of nitrogens with one attached hydrogen (secondary N) is 1. The van der Waals surface area contributed by atoms with Crippen molar-refractivity contribution in [2.75, 3.05) is 23.9 Å². The molecule has 0 aromatic heterocycles. The highest BCUT2D eigenvalue weighted by molar-refractivity contribution is 7.91. The van der Waals surface area contributed by atoms with Crippen molar-refractivity contribution < 1.29 is 22.7 Å². The van der Waals surface area contributed by atoms with E-state index in [0.717, 1.165) is 0 Å². The Labute approximate surface area is 141 Å². The number of hydrogen-bond acceptors (Lipinski definition) is 5. The lowest BCUT2D eigenvalue weighted by Gasteiger charge is -2.22. The van der Waals surface area contributed by atoms with Gasteiger partial charge in [0, 0.05) is 18.8 Å². The number of nitrogens with zero attached hydrogens (tertiary/aromatic N) is 1. The maximum absolute atomic E-state index is 12.2. The van der Waals surface area contributed by atoms with Gasteiger partial charge < -0.3 is 15.0 Å². The summed E-state index contributed by atoms with van der Waals surface area (Å²) in [6.07, 6.45) is 0.405. The number of carbonyl (C=O) groups excluding carboxylic acids is 2. The standard InChI is InChI=1S/C16H22N2O5S/c1-11(2)23-14-6-4-12(5-7-14)17-15(19)16(20)18(3)13-8-9-24(21,22)10-13/h4-7,11,13H,8-10H2,1-3H3,(H,17,19). The molecule has 1 aliphatic rings. The van der Waals surface area contributed by atoms with E-state index in [1.165, 1.54) is 11.9 Å². The lowest BCUT2D eigenvalue weighted by atomic mass is 10.2. The van der Waals surface area contributed by atoms with Gasteiger partial charge in [0.15, 0.2) is 9.84 Å². The number of sulfone groups is 1. The molecule has 1 heterocycles. The summed E-state index contributed by atoms with van der Waals surface area (Å²) >= 11 is 0. The third-order valence-corrected chi connectivity index (χ3v) is 5.51. The van der Waals surface area contributed by atoms with Crippen LogP contribution in [-0.2, 0) is 19.4 Å². The van der Waals surface area contributed by atoms with Gasteiger partial charge in [-0.1, -0.05) is 0 Å². The minimum atomic E-state index is -3.11. The number of likely N-dealkylation sites (N-methyl/N-ethyl adjacent to an activating group) is 1. The maximum Gasteiger partial charge on any atom is 0.313 e. The molecule has 132 valence electrons. The summed E-state index contributed by atoms with van der Waals surface area (Å²) in [6.45, 7) is 3.82. The quantitative estimate of drug-likeness (QED) is 0.816. The summed E-state index contributed by atoms with van der Waals surface area (Å²) < 4.78 is 28.5. The van der Waals surface area contributed by atoms with Crippen LogP contribution in [0.15, 0.2) is 24.3 Å². The molecule has 0 aliphatic carbocycles. The molecule has 0 radical (unpaired) electrons. The minimum absolute atomic E-state index is 0.0448. The number of amides is 2. The van der Waals surface area contributed by atoms with Crippen molar-refractivity contribution in [2.24, 2.45) is 0 Å². The molecule has 1 unspecified atom stereocenters. The van der Waals surface area contributed by atoms with Crippen LogP contribution in [0.1, 0.15) is 20.3 Å². The van der Waals surface area contributed by atoms with Gasteiger partial charge >= 0.3 is 11.8 Å². The zero-order chi connectivity index (χ0) is 17.9. The molecule has 7 nitrogen and oxygen atoms in total. The molecule has 24 heavy (non-hydrogen) atoms. The van der Waals surface area contributed by atoms with Crippen LogP contribution in [0.5, 0.6) is 5.75 Å². The predicted octanol–water partition coefficient (Wildman–Crippen LogP) is 1.06. The predicted molar refractivity (Wildman–Crippen MR) is 90.7 cm³/mol. The zero-order valence-corrected chi connectivity index (χ0v) is 14.8. The minimum Gasteiger partial charge on any atom is -0.491 e. The first-order valence-corrected chi connectivity index (χ1v) is 9.55. The number of rotatable bonds is 4. The largest absolute Gasteiger partial charge is 0.491 e. The first-order chi connectivity index (χ1) is 11.2. The Bertz CT molecular complexity index is 712. The summed E-state index contributed by atoms with van der Waals surface area (Å²) in [4.78, 5) is 25.4. The zero-order valence-electron chi connectivity index (χ0n) is 14.0. The third-order valence-electron chi connectivity index (χ3n) is 3.75. The van der Waals surface area contributed by atoms with Crippen molar-refractivity contribution in [1.29, 1.82) is 0 Å². The van der Waals surface area contributed by atoms with Gasteiger partial charge in [-0.2, -0.15) is 0 Å². The summed E-state index contributed by atoms with van der Waals surface area (Å²) in [6, 6.07) is 6.24. The fourth-order valence-electron chi connectivity index (χ4n) is 2.48. The van der Waals surface area contributed by atoms with Crippen LogP contribution >= 0.6 is 0 Å². The fourth-order valence-corrected chi connectivity index (χ4v) is 4.25. The lowest BCUT2D eigenvalue weighted by molar-refractivity contribution is -0.143. The molecule has 1 fully saturated rings. The first kappa shape index (κ1) is 18.3. The highest BCUT2D eigenvalue weighted by Crippen LogP contribution is 2.19. The molecule has 1 N–H and O–H groups in total. The molecule has 2 rings (SSSR count). The van der Waals surface area contributed by atoms with Crippen LogP contribution in [0.3, 0.4) is 0 Å². The van der Waals surface area contributed by atoms with Crippen LogP contribution in [0.2, 0.25) is 0 Å². The molecule has 8 heteroatoms. The van der Waals surface area contributed by atoms with Gasteiger partial charge in [-0.25, -0.2) is 8.42 Å². The molecule has 0 spiro atoms. The second kappa shape index (κ2) is 7.21. The topological polar surface area (TPSA) is 92.8 Å². The van der Waals surface area contributed by atoms with E-state index in [2.05, 4.69) is 5.32 Å². The molecular formula is C16H22N2O5S. The van der Waals surface area contributed by atoms with Crippen molar-refractivity contribution in [3.63, 3.8) is 0 Å². The molecule has 1 atom stereocenters. The van der Waals surface area contributed by atoms with Gasteiger partial charge in [0.2, 0.25) is 0 Å². The molecule has 1 saturated heterocycles. The van der Waals surface area contributed by atoms with Gasteiger partial charge in [0.1, 0.15) is 5.75 Å². The monoisotopic (exact) mass is 354 g/mol. The van der Waals surface area contributed by atoms with Crippen LogP contribution in [0.4, 0.5) is 5.69 Å². The summed E-state index contributed by atoms with van der Waals surface area (Å²) in [5.41, 5.74) is 0.469.